The molecule has 1 aliphatic rings. The van der Waals surface area contributed by atoms with Crippen molar-refractivity contribution in [2.24, 2.45) is 5.92 Å². The molecule has 0 aliphatic carbocycles. The lowest BCUT2D eigenvalue weighted by molar-refractivity contribution is -0.155. The third kappa shape index (κ3) is 4.43. The molecule has 1 N–H and O–H groups in total. The number of carbonyl (C=O) groups is 2. The second-order valence-electron chi connectivity index (χ2n) is 7.47. The monoisotopic (exact) mass is 298 g/mol. The first-order valence-corrected chi connectivity index (χ1v) is 7.68. The number of rotatable bonds is 6. The molecule has 0 saturated carbocycles. The first-order chi connectivity index (χ1) is 9.50. The van der Waals surface area contributed by atoms with Gasteiger partial charge in [0.2, 0.25) is 11.8 Å². The van der Waals surface area contributed by atoms with Crippen LogP contribution in [0.2, 0.25) is 0 Å². The first kappa shape index (κ1) is 18.0. The lowest BCUT2D eigenvalue weighted by Crippen LogP contribution is -2.68. The maximum Gasteiger partial charge on any atom is 0.248 e. The van der Waals surface area contributed by atoms with E-state index >= 15 is 0 Å². The summed E-state index contributed by atoms with van der Waals surface area (Å²) in [5.41, 5.74) is -1.14. The Morgan fingerprint density at radius 1 is 1.33 bits per heavy atom. The minimum Gasteiger partial charge on any atom is -0.379 e. The summed E-state index contributed by atoms with van der Waals surface area (Å²) in [5, 5.41) is 2.84. The Morgan fingerprint density at radius 2 is 1.90 bits per heavy atom. The molecule has 0 spiro atoms. The Labute approximate surface area is 128 Å². The zero-order valence-electron chi connectivity index (χ0n) is 14.4. The number of amides is 2. The molecule has 1 saturated heterocycles. The Bertz CT molecular complexity index is 402. The zero-order chi connectivity index (χ0) is 16.4. The summed E-state index contributed by atoms with van der Waals surface area (Å²) in [5.74, 6) is 0.288. The summed E-state index contributed by atoms with van der Waals surface area (Å²) in [4.78, 5) is 26.8. The van der Waals surface area contributed by atoms with Gasteiger partial charge in [0.25, 0.3) is 0 Å². The van der Waals surface area contributed by atoms with Crippen LogP contribution in [-0.4, -0.2) is 47.6 Å². The molecule has 0 bridgehead atoms. The highest BCUT2D eigenvalue weighted by Gasteiger charge is 2.45. The van der Waals surface area contributed by atoms with Gasteiger partial charge in [0, 0.05) is 13.7 Å². The lowest BCUT2D eigenvalue weighted by atomic mass is 9.91. The summed E-state index contributed by atoms with van der Waals surface area (Å²) >= 11 is 0. The van der Waals surface area contributed by atoms with Crippen LogP contribution < -0.4 is 5.32 Å². The minimum atomic E-state index is -0.832. The van der Waals surface area contributed by atoms with E-state index in [0.717, 1.165) is 0 Å². The third-order valence-electron chi connectivity index (χ3n) is 4.11. The van der Waals surface area contributed by atoms with Crippen LogP contribution in [0.25, 0.3) is 0 Å². The molecular formula is C16H30N2O3. The van der Waals surface area contributed by atoms with Crippen LogP contribution in [0.1, 0.15) is 54.4 Å². The number of hydrogen-bond acceptors (Lipinski definition) is 3. The van der Waals surface area contributed by atoms with E-state index in [1.54, 1.807) is 25.9 Å². The van der Waals surface area contributed by atoms with Crippen LogP contribution in [0, 0.1) is 5.92 Å². The number of nitrogens with zero attached hydrogens (tertiary/aromatic N) is 1. The van der Waals surface area contributed by atoms with E-state index in [1.807, 2.05) is 13.8 Å². The Morgan fingerprint density at radius 3 is 2.38 bits per heavy atom. The molecule has 2 amide bonds. The highest BCUT2D eigenvalue weighted by Crippen LogP contribution is 2.24. The molecule has 1 rings (SSSR count). The topological polar surface area (TPSA) is 58.6 Å². The minimum absolute atomic E-state index is 0.0142. The van der Waals surface area contributed by atoms with Gasteiger partial charge in [0.1, 0.15) is 11.6 Å². The van der Waals surface area contributed by atoms with E-state index in [9.17, 15) is 9.59 Å². The second-order valence-corrected chi connectivity index (χ2v) is 7.47. The normalized spacial score (nSPS) is 22.7. The van der Waals surface area contributed by atoms with Gasteiger partial charge in [-0.25, -0.2) is 0 Å². The summed E-state index contributed by atoms with van der Waals surface area (Å²) in [6, 6.07) is -0.377. The van der Waals surface area contributed by atoms with Crippen LogP contribution in [0.3, 0.4) is 0 Å². The first-order valence-electron chi connectivity index (χ1n) is 7.68. The van der Waals surface area contributed by atoms with Gasteiger partial charge < -0.3 is 15.0 Å². The Balaban J connectivity index is 2.94. The Hall–Kier alpha value is -1.10. The molecule has 0 aromatic rings. The average molecular weight is 298 g/mol. The predicted octanol–water partition coefficient (Wildman–Crippen LogP) is 1.95. The maximum absolute atomic E-state index is 12.7. The van der Waals surface area contributed by atoms with E-state index in [0.29, 0.717) is 25.3 Å². The van der Waals surface area contributed by atoms with Gasteiger partial charge in [-0.15, -0.1) is 0 Å². The molecule has 21 heavy (non-hydrogen) atoms. The molecule has 0 radical (unpaired) electrons. The lowest BCUT2D eigenvalue weighted by Gasteiger charge is -2.44. The number of hydrogen-bond donors (Lipinski definition) is 1. The Kier molecular flexibility index (Phi) is 5.42. The van der Waals surface area contributed by atoms with Crippen molar-refractivity contribution < 1.29 is 14.3 Å². The molecule has 0 aromatic heterocycles. The van der Waals surface area contributed by atoms with Crippen LogP contribution in [-0.2, 0) is 14.3 Å². The van der Waals surface area contributed by atoms with Crippen molar-refractivity contribution in [1.29, 1.82) is 0 Å². The fourth-order valence-electron chi connectivity index (χ4n) is 2.52. The van der Waals surface area contributed by atoms with E-state index in [2.05, 4.69) is 19.2 Å². The molecule has 0 aromatic carbocycles. The SMILES string of the molecule is COC(C)(C)CCN1C(=O)C(C)(C)NC(=O)C1CC(C)C. The van der Waals surface area contributed by atoms with Gasteiger partial charge in [0.05, 0.1) is 5.60 Å². The molecule has 5 nitrogen and oxygen atoms in total. The van der Waals surface area contributed by atoms with Crippen molar-refractivity contribution in [3.8, 4) is 0 Å². The van der Waals surface area contributed by atoms with E-state index < -0.39 is 5.54 Å². The third-order valence-corrected chi connectivity index (χ3v) is 4.11. The van der Waals surface area contributed by atoms with Crippen LogP contribution in [0.15, 0.2) is 0 Å². The number of piperazine rings is 1. The van der Waals surface area contributed by atoms with E-state index in [-0.39, 0.29) is 23.5 Å². The van der Waals surface area contributed by atoms with Crippen LogP contribution in [0.5, 0.6) is 0 Å². The zero-order valence-corrected chi connectivity index (χ0v) is 14.4. The van der Waals surface area contributed by atoms with Crippen molar-refractivity contribution in [2.45, 2.75) is 71.6 Å². The molecule has 1 heterocycles. The summed E-state index contributed by atoms with van der Waals surface area (Å²) in [6.45, 7) is 12.2. The van der Waals surface area contributed by atoms with Crippen molar-refractivity contribution in [2.75, 3.05) is 13.7 Å². The van der Waals surface area contributed by atoms with Gasteiger partial charge >= 0.3 is 0 Å². The maximum atomic E-state index is 12.7. The number of nitrogens with one attached hydrogen (secondary N) is 1. The predicted molar refractivity (Wildman–Crippen MR) is 82.9 cm³/mol. The molecule has 1 fully saturated rings. The summed E-state index contributed by atoms with van der Waals surface area (Å²) in [7, 11) is 1.67. The summed E-state index contributed by atoms with van der Waals surface area (Å²) in [6.07, 6.45) is 1.38. The van der Waals surface area contributed by atoms with Crippen molar-refractivity contribution >= 4 is 11.8 Å². The molecule has 1 unspecified atom stereocenters. The molecule has 5 heteroatoms. The van der Waals surface area contributed by atoms with Crippen molar-refractivity contribution in [3.63, 3.8) is 0 Å². The fraction of sp³-hybridized carbons (Fsp3) is 0.875. The van der Waals surface area contributed by atoms with E-state index in [4.69, 9.17) is 4.74 Å². The average Bonchev–Trinajstić information content (AvgIpc) is 2.34. The highest BCUT2D eigenvalue weighted by atomic mass is 16.5. The van der Waals surface area contributed by atoms with Crippen molar-refractivity contribution in [1.82, 2.24) is 10.2 Å². The quantitative estimate of drug-likeness (QED) is 0.815. The molecule has 122 valence electrons. The van der Waals surface area contributed by atoms with Crippen molar-refractivity contribution in [3.05, 3.63) is 0 Å². The highest BCUT2D eigenvalue weighted by molar-refractivity contribution is 5.99. The van der Waals surface area contributed by atoms with Gasteiger partial charge in [-0.05, 0) is 46.5 Å². The van der Waals surface area contributed by atoms with E-state index in [1.165, 1.54) is 0 Å². The standard InChI is InChI=1S/C16H30N2O3/c1-11(2)10-12-13(19)17-16(5,6)14(20)18(12)9-8-15(3,4)21-7/h11-12H,8-10H2,1-7H3,(H,17,19). The fourth-order valence-corrected chi connectivity index (χ4v) is 2.52. The van der Waals surface area contributed by atoms with Gasteiger partial charge in [-0.1, -0.05) is 13.8 Å². The second kappa shape index (κ2) is 6.34. The smallest absolute Gasteiger partial charge is 0.248 e. The largest absolute Gasteiger partial charge is 0.379 e. The van der Waals surface area contributed by atoms with Gasteiger partial charge in [0.15, 0.2) is 0 Å². The number of carbonyl (C=O) groups excluding carboxylic acids is 2. The molecular weight excluding hydrogens is 268 g/mol. The molecule has 1 atom stereocenters. The van der Waals surface area contributed by atoms with Gasteiger partial charge in [-0.3, -0.25) is 9.59 Å². The summed E-state index contributed by atoms with van der Waals surface area (Å²) < 4.78 is 5.42. The number of ether oxygens (including phenoxy) is 1. The van der Waals surface area contributed by atoms with Crippen LogP contribution in [0.4, 0.5) is 0 Å². The number of methoxy groups -OCH3 is 1. The van der Waals surface area contributed by atoms with Gasteiger partial charge in [-0.2, -0.15) is 0 Å². The molecule has 1 aliphatic heterocycles. The van der Waals surface area contributed by atoms with Crippen LogP contribution >= 0.6 is 0 Å².